The highest BCUT2D eigenvalue weighted by molar-refractivity contribution is 8.03. The maximum Gasteiger partial charge on any atom is 0.336 e. The molecule has 0 bridgehead atoms. The van der Waals surface area contributed by atoms with Crippen LogP contribution in [-0.2, 0) is 14.3 Å². The predicted molar refractivity (Wildman–Crippen MR) is 127 cm³/mol. The van der Waals surface area contributed by atoms with Crippen LogP contribution in [0.5, 0.6) is 0 Å². The van der Waals surface area contributed by atoms with Crippen molar-refractivity contribution in [3.8, 4) is 6.07 Å². The van der Waals surface area contributed by atoms with Gasteiger partial charge in [0.05, 0.1) is 41.0 Å². The van der Waals surface area contributed by atoms with Gasteiger partial charge in [-0.05, 0) is 37.6 Å². The highest BCUT2D eigenvalue weighted by atomic mass is 35.5. The first-order valence-electron chi connectivity index (χ1n) is 9.79. The summed E-state index contributed by atoms with van der Waals surface area (Å²) in [7, 11) is 1.29. The van der Waals surface area contributed by atoms with E-state index in [9.17, 15) is 14.9 Å². The average Bonchev–Trinajstić information content (AvgIpc) is 2.78. The van der Waals surface area contributed by atoms with E-state index in [1.165, 1.54) is 18.9 Å². The minimum atomic E-state index is -0.704. The van der Waals surface area contributed by atoms with Crippen LogP contribution in [0.3, 0.4) is 0 Å². The molecule has 1 heterocycles. The molecular weight excluding hydrogens is 446 g/mol. The van der Waals surface area contributed by atoms with Crippen molar-refractivity contribution in [3.63, 3.8) is 0 Å². The van der Waals surface area contributed by atoms with Crippen LogP contribution in [0.15, 0.2) is 70.4 Å². The number of hydrogen-bond acceptors (Lipinski definition) is 6. The first kappa shape index (κ1) is 23.5. The maximum atomic E-state index is 12.6. The number of methoxy groups -OCH3 is 1. The monoisotopic (exact) mass is 467 g/mol. The number of esters is 1. The van der Waals surface area contributed by atoms with Gasteiger partial charge in [-0.1, -0.05) is 59.3 Å². The van der Waals surface area contributed by atoms with Crippen molar-refractivity contribution in [2.24, 2.45) is 0 Å². The topological polar surface area (TPSA) is 91.2 Å². The minimum absolute atomic E-state index is 0.0808. The van der Waals surface area contributed by atoms with E-state index in [0.29, 0.717) is 38.1 Å². The molecule has 0 saturated carbocycles. The first-order valence-corrected chi connectivity index (χ1v) is 11.2. The number of anilines is 1. The molecule has 2 aromatic rings. The van der Waals surface area contributed by atoms with Crippen molar-refractivity contribution in [2.75, 3.05) is 18.2 Å². The van der Waals surface area contributed by atoms with Crippen molar-refractivity contribution in [1.29, 1.82) is 5.26 Å². The van der Waals surface area contributed by atoms with Crippen LogP contribution in [0.25, 0.3) is 0 Å². The fourth-order valence-electron chi connectivity index (χ4n) is 3.40. The largest absolute Gasteiger partial charge is 0.466 e. The van der Waals surface area contributed by atoms with Crippen LogP contribution in [0.2, 0.25) is 5.02 Å². The van der Waals surface area contributed by atoms with E-state index in [1.54, 1.807) is 31.2 Å². The molecule has 0 fully saturated rings. The Kier molecular flexibility index (Phi) is 7.62. The zero-order chi connectivity index (χ0) is 23.3. The third-order valence-electron chi connectivity index (χ3n) is 4.95. The second kappa shape index (κ2) is 10.4. The smallest absolute Gasteiger partial charge is 0.336 e. The molecule has 1 atom stereocenters. The second-order valence-corrected chi connectivity index (χ2v) is 8.56. The number of halogens is 1. The van der Waals surface area contributed by atoms with E-state index >= 15 is 0 Å². The molecule has 0 aromatic heterocycles. The van der Waals surface area contributed by atoms with Gasteiger partial charge in [0, 0.05) is 16.4 Å². The van der Waals surface area contributed by atoms with E-state index in [4.69, 9.17) is 16.3 Å². The van der Waals surface area contributed by atoms with E-state index in [-0.39, 0.29) is 11.7 Å². The lowest BCUT2D eigenvalue weighted by Gasteiger charge is -2.29. The van der Waals surface area contributed by atoms with E-state index in [1.807, 2.05) is 31.2 Å². The number of nitriles is 1. The van der Waals surface area contributed by atoms with Gasteiger partial charge in [-0.15, -0.1) is 0 Å². The quantitative estimate of drug-likeness (QED) is 0.588. The van der Waals surface area contributed by atoms with Crippen LogP contribution in [0.4, 0.5) is 5.69 Å². The zero-order valence-electron chi connectivity index (χ0n) is 17.9. The number of aryl methyl sites for hydroxylation is 1. The number of carbonyl (C=O) groups excluding carboxylic acids is 2. The van der Waals surface area contributed by atoms with Crippen LogP contribution in [0.1, 0.15) is 24.0 Å². The lowest BCUT2D eigenvalue weighted by atomic mass is 9.82. The standard InChI is InChI=1S/C24H22ClN3O3S/c1-14-8-10-16(11-9-14)28-20(29)13-32-23-18(12-26)22(17-6-4-5-7-19(17)25)21(15(2)27-23)24(30)31-3/h4-11,22,27H,13H2,1-3H3,(H,28,29)/t22-/m0/s1. The molecule has 0 unspecified atom stereocenters. The number of amides is 1. The molecule has 6 nitrogen and oxygen atoms in total. The van der Waals surface area contributed by atoms with Gasteiger partial charge in [-0.3, -0.25) is 4.79 Å². The highest BCUT2D eigenvalue weighted by Crippen LogP contribution is 2.43. The third kappa shape index (κ3) is 5.16. The van der Waals surface area contributed by atoms with E-state index in [2.05, 4.69) is 16.7 Å². The lowest BCUT2D eigenvalue weighted by molar-refractivity contribution is -0.136. The number of thioether (sulfide) groups is 1. The molecule has 1 amide bonds. The van der Waals surface area contributed by atoms with Crippen LogP contribution < -0.4 is 10.6 Å². The number of benzene rings is 2. The van der Waals surface area contributed by atoms with Crippen molar-refractivity contribution < 1.29 is 14.3 Å². The number of allylic oxidation sites excluding steroid dienone is 2. The summed E-state index contributed by atoms with van der Waals surface area (Å²) < 4.78 is 4.97. The number of rotatable bonds is 6. The minimum Gasteiger partial charge on any atom is -0.466 e. The van der Waals surface area contributed by atoms with Crippen molar-refractivity contribution in [2.45, 2.75) is 19.8 Å². The molecule has 32 heavy (non-hydrogen) atoms. The zero-order valence-corrected chi connectivity index (χ0v) is 19.4. The summed E-state index contributed by atoms with van der Waals surface area (Å²) in [6.07, 6.45) is 0. The van der Waals surface area contributed by atoms with Gasteiger partial charge in [0.2, 0.25) is 5.91 Å². The van der Waals surface area contributed by atoms with Crippen LogP contribution in [0, 0.1) is 18.3 Å². The molecule has 3 rings (SSSR count). The molecule has 8 heteroatoms. The van der Waals surface area contributed by atoms with Gasteiger partial charge in [0.25, 0.3) is 0 Å². The summed E-state index contributed by atoms with van der Waals surface area (Å²) in [4.78, 5) is 25.0. The second-order valence-electron chi connectivity index (χ2n) is 7.17. The van der Waals surface area contributed by atoms with E-state index in [0.717, 1.165) is 5.56 Å². The number of hydrogen-bond donors (Lipinski definition) is 2. The summed E-state index contributed by atoms with van der Waals surface area (Å²) in [6, 6.07) is 16.8. The average molecular weight is 468 g/mol. The van der Waals surface area contributed by atoms with Gasteiger partial charge in [0.15, 0.2) is 0 Å². The van der Waals surface area contributed by atoms with Crippen molar-refractivity contribution in [1.82, 2.24) is 5.32 Å². The summed E-state index contributed by atoms with van der Waals surface area (Å²) in [5.41, 5.74) is 3.58. The highest BCUT2D eigenvalue weighted by Gasteiger charge is 2.36. The molecule has 1 aliphatic heterocycles. The molecule has 0 saturated heterocycles. The molecule has 0 spiro atoms. The lowest BCUT2D eigenvalue weighted by Crippen LogP contribution is -2.29. The SMILES string of the molecule is COC(=O)C1=C(C)NC(SCC(=O)Nc2ccc(C)cc2)=C(C#N)[C@@H]1c1ccccc1Cl. The molecule has 1 aliphatic rings. The summed E-state index contributed by atoms with van der Waals surface area (Å²) in [5, 5.41) is 16.9. The summed E-state index contributed by atoms with van der Waals surface area (Å²) in [6.45, 7) is 3.71. The Morgan fingerprint density at radius 3 is 2.50 bits per heavy atom. The van der Waals surface area contributed by atoms with Crippen molar-refractivity contribution in [3.05, 3.63) is 86.6 Å². The fourth-order valence-corrected chi connectivity index (χ4v) is 4.54. The maximum absolute atomic E-state index is 12.6. The van der Waals surface area contributed by atoms with Gasteiger partial charge >= 0.3 is 5.97 Å². The molecule has 2 N–H and O–H groups in total. The van der Waals surface area contributed by atoms with Crippen LogP contribution in [-0.4, -0.2) is 24.7 Å². The predicted octanol–water partition coefficient (Wildman–Crippen LogP) is 4.89. The molecule has 0 aliphatic carbocycles. The molecule has 2 aromatic carbocycles. The Bertz CT molecular complexity index is 1150. The Labute approximate surface area is 196 Å². The number of dihydropyridines is 1. The molecule has 164 valence electrons. The van der Waals surface area contributed by atoms with Gasteiger partial charge in [-0.2, -0.15) is 5.26 Å². The van der Waals surface area contributed by atoms with Gasteiger partial charge in [0.1, 0.15) is 0 Å². The number of nitrogens with one attached hydrogen (secondary N) is 2. The first-order chi connectivity index (χ1) is 15.3. The molecule has 0 radical (unpaired) electrons. The Balaban J connectivity index is 1.90. The Morgan fingerprint density at radius 2 is 1.88 bits per heavy atom. The van der Waals surface area contributed by atoms with E-state index < -0.39 is 11.9 Å². The molecular formula is C24H22ClN3O3S. The van der Waals surface area contributed by atoms with Gasteiger partial charge in [-0.25, -0.2) is 4.79 Å². The number of carbonyl (C=O) groups is 2. The third-order valence-corrected chi connectivity index (χ3v) is 6.31. The summed E-state index contributed by atoms with van der Waals surface area (Å²) >= 11 is 7.61. The van der Waals surface area contributed by atoms with Crippen LogP contribution >= 0.6 is 23.4 Å². The van der Waals surface area contributed by atoms with Gasteiger partial charge < -0.3 is 15.4 Å². The number of ether oxygens (including phenoxy) is 1. The normalized spacial score (nSPS) is 15.7. The summed E-state index contributed by atoms with van der Waals surface area (Å²) in [5.74, 6) is -1.38. The number of nitrogens with zero attached hydrogens (tertiary/aromatic N) is 1. The Hall–Kier alpha value is -3.21. The Morgan fingerprint density at radius 1 is 1.19 bits per heavy atom. The van der Waals surface area contributed by atoms with Crippen molar-refractivity contribution >= 4 is 40.9 Å². The fraction of sp³-hybridized carbons (Fsp3) is 0.208.